The predicted octanol–water partition coefficient (Wildman–Crippen LogP) is 1.46. The molecule has 1 aliphatic heterocycles. The molecule has 22 heavy (non-hydrogen) atoms. The molecule has 1 aromatic rings. The molecule has 7 heteroatoms. The van der Waals surface area contributed by atoms with Gasteiger partial charge in [-0.3, -0.25) is 9.69 Å². The Kier molecular flexibility index (Phi) is 6.33. The molecule has 1 aliphatic rings. The van der Waals surface area contributed by atoms with E-state index in [-0.39, 0.29) is 11.9 Å². The summed E-state index contributed by atoms with van der Waals surface area (Å²) in [5.41, 5.74) is 0.347. The maximum atomic E-state index is 12.2. The Morgan fingerprint density at radius 2 is 2.32 bits per heavy atom. The van der Waals surface area contributed by atoms with Gasteiger partial charge in [0.2, 0.25) is 5.91 Å². The third kappa shape index (κ3) is 4.51. The average Bonchev–Trinajstić information content (AvgIpc) is 2.97. The number of likely N-dealkylation sites (N-methyl/N-ethyl adjacent to an activating group) is 1. The van der Waals surface area contributed by atoms with E-state index >= 15 is 0 Å². The molecule has 1 atom stereocenters. The minimum absolute atomic E-state index is 0.0138. The summed E-state index contributed by atoms with van der Waals surface area (Å²) in [5.74, 6) is -0.303. The number of hydrogen-bond acceptors (Lipinski definition) is 6. The molecule has 1 N–H and O–H groups in total. The van der Waals surface area contributed by atoms with Crippen molar-refractivity contribution in [3.05, 3.63) is 16.1 Å². The van der Waals surface area contributed by atoms with E-state index in [1.54, 1.807) is 12.3 Å². The zero-order valence-corrected chi connectivity index (χ0v) is 13.9. The molecule has 2 rings (SSSR count). The molecule has 1 saturated heterocycles. The van der Waals surface area contributed by atoms with Crippen molar-refractivity contribution >= 4 is 23.2 Å². The zero-order chi connectivity index (χ0) is 15.9. The van der Waals surface area contributed by atoms with Gasteiger partial charge in [-0.15, -0.1) is 11.3 Å². The molecule has 122 valence electrons. The summed E-state index contributed by atoms with van der Waals surface area (Å²) in [4.78, 5) is 30.0. The molecule has 1 fully saturated rings. The summed E-state index contributed by atoms with van der Waals surface area (Å²) in [6.07, 6.45) is 3.83. The summed E-state index contributed by atoms with van der Waals surface area (Å²) in [7, 11) is 2.00. The quantitative estimate of drug-likeness (QED) is 0.802. The van der Waals surface area contributed by atoms with Crippen molar-refractivity contribution in [3.63, 3.8) is 0 Å². The van der Waals surface area contributed by atoms with Crippen LogP contribution in [-0.4, -0.2) is 54.5 Å². The number of likely N-dealkylation sites (tertiary alicyclic amines) is 1. The first-order valence-corrected chi connectivity index (χ1v) is 8.59. The molecule has 0 unspecified atom stereocenters. The van der Waals surface area contributed by atoms with E-state index in [1.165, 1.54) is 11.3 Å². The SMILES string of the molecule is CCOC(=O)c1csc(CCNC(=O)[C@@H]2CCCCN2C)n1. The lowest BCUT2D eigenvalue weighted by atomic mass is 10.0. The van der Waals surface area contributed by atoms with Gasteiger partial charge in [0, 0.05) is 18.3 Å². The van der Waals surface area contributed by atoms with Crippen molar-refractivity contribution in [1.29, 1.82) is 0 Å². The lowest BCUT2D eigenvalue weighted by Gasteiger charge is -2.31. The van der Waals surface area contributed by atoms with E-state index in [2.05, 4.69) is 15.2 Å². The number of amides is 1. The number of esters is 1. The molecular weight excluding hydrogens is 302 g/mol. The van der Waals surface area contributed by atoms with Crippen LogP contribution in [0.15, 0.2) is 5.38 Å². The summed E-state index contributed by atoms with van der Waals surface area (Å²) in [6.45, 7) is 3.63. The second kappa shape index (κ2) is 8.24. The van der Waals surface area contributed by atoms with Crippen LogP contribution in [0.3, 0.4) is 0 Å². The lowest BCUT2D eigenvalue weighted by molar-refractivity contribution is -0.126. The smallest absolute Gasteiger partial charge is 0.357 e. The van der Waals surface area contributed by atoms with Gasteiger partial charge < -0.3 is 10.1 Å². The number of thiazole rings is 1. The van der Waals surface area contributed by atoms with Crippen molar-refractivity contribution < 1.29 is 14.3 Å². The van der Waals surface area contributed by atoms with Crippen molar-refractivity contribution in [1.82, 2.24) is 15.2 Å². The van der Waals surface area contributed by atoms with Gasteiger partial charge in [0.15, 0.2) is 5.69 Å². The first kappa shape index (κ1) is 16.9. The number of piperidine rings is 1. The second-order valence-corrected chi connectivity index (χ2v) is 6.32. The number of hydrogen-bond donors (Lipinski definition) is 1. The van der Waals surface area contributed by atoms with Crippen LogP contribution in [0, 0.1) is 0 Å². The van der Waals surface area contributed by atoms with E-state index in [1.807, 2.05) is 7.05 Å². The first-order valence-electron chi connectivity index (χ1n) is 7.71. The highest BCUT2D eigenvalue weighted by molar-refractivity contribution is 7.09. The van der Waals surface area contributed by atoms with Gasteiger partial charge in [-0.2, -0.15) is 0 Å². The van der Waals surface area contributed by atoms with Gasteiger partial charge in [-0.1, -0.05) is 6.42 Å². The van der Waals surface area contributed by atoms with Crippen molar-refractivity contribution in [3.8, 4) is 0 Å². The molecule has 2 heterocycles. The number of carbonyl (C=O) groups excluding carboxylic acids is 2. The van der Waals surface area contributed by atoms with E-state index in [4.69, 9.17) is 4.74 Å². The molecule has 1 aromatic heterocycles. The number of nitrogens with one attached hydrogen (secondary N) is 1. The van der Waals surface area contributed by atoms with Crippen molar-refractivity contribution in [2.45, 2.75) is 38.6 Å². The van der Waals surface area contributed by atoms with Gasteiger partial charge in [0.1, 0.15) is 0 Å². The maximum absolute atomic E-state index is 12.2. The summed E-state index contributed by atoms with van der Waals surface area (Å²) in [6, 6.07) is -0.0138. The maximum Gasteiger partial charge on any atom is 0.357 e. The molecule has 0 bridgehead atoms. The van der Waals surface area contributed by atoms with E-state index < -0.39 is 5.97 Å². The molecule has 6 nitrogen and oxygen atoms in total. The van der Waals surface area contributed by atoms with Crippen molar-refractivity contribution in [2.24, 2.45) is 0 Å². The van der Waals surface area contributed by atoms with Crippen LogP contribution in [0.5, 0.6) is 0 Å². The number of carbonyl (C=O) groups is 2. The minimum atomic E-state index is -0.391. The topological polar surface area (TPSA) is 71.5 Å². The number of ether oxygens (including phenoxy) is 1. The Morgan fingerprint density at radius 1 is 1.50 bits per heavy atom. The number of nitrogens with zero attached hydrogens (tertiary/aromatic N) is 2. The Labute approximate surface area is 134 Å². The molecule has 0 aliphatic carbocycles. The highest BCUT2D eigenvalue weighted by Gasteiger charge is 2.25. The largest absolute Gasteiger partial charge is 0.461 e. The van der Waals surface area contributed by atoms with Gasteiger partial charge in [0.25, 0.3) is 0 Å². The number of rotatable bonds is 6. The minimum Gasteiger partial charge on any atom is -0.461 e. The van der Waals surface area contributed by atoms with Crippen LogP contribution >= 0.6 is 11.3 Å². The Bertz CT molecular complexity index is 518. The monoisotopic (exact) mass is 325 g/mol. The zero-order valence-electron chi connectivity index (χ0n) is 13.1. The highest BCUT2D eigenvalue weighted by atomic mass is 32.1. The fourth-order valence-electron chi connectivity index (χ4n) is 2.54. The van der Waals surface area contributed by atoms with Gasteiger partial charge in [-0.25, -0.2) is 9.78 Å². The van der Waals surface area contributed by atoms with Crippen LogP contribution in [-0.2, 0) is 16.0 Å². The second-order valence-electron chi connectivity index (χ2n) is 5.38. The van der Waals surface area contributed by atoms with Crippen LogP contribution < -0.4 is 5.32 Å². The van der Waals surface area contributed by atoms with E-state index in [9.17, 15) is 9.59 Å². The van der Waals surface area contributed by atoms with Crippen LogP contribution in [0.4, 0.5) is 0 Å². The third-order valence-corrected chi connectivity index (χ3v) is 4.66. The lowest BCUT2D eigenvalue weighted by Crippen LogP contribution is -2.47. The van der Waals surface area contributed by atoms with Gasteiger partial charge in [0.05, 0.1) is 17.7 Å². The molecule has 0 radical (unpaired) electrons. The van der Waals surface area contributed by atoms with Gasteiger partial charge >= 0.3 is 5.97 Å². The fourth-order valence-corrected chi connectivity index (χ4v) is 3.31. The van der Waals surface area contributed by atoms with Crippen LogP contribution in [0.2, 0.25) is 0 Å². The first-order chi connectivity index (χ1) is 10.6. The number of aromatic nitrogens is 1. The Hall–Kier alpha value is -1.47. The van der Waals surface area contributed by atoms with Crippen LogP contribution in [0.1, 0.15) is 41.7 Å². The normalized spacial score (nSPS) is 18.9. The summed E-state index contributed by atoms with van der Waals surface area (Å²) in [5, 5.41) is 5.50. The van der Waals surface area contributed by atoms with E-state index in [0.717, 1.165) is 30.8 Å². The van der Waals surface area contributed by atoms with E-state index in [0.29, 0.717) is 25.3 Å². The fraction of sp³-hybridized carbons (Fsp3) is 0.667. The molecule has 0 spiro atoms. The average molecular weight is 325 g/mol. The third-order valence-electron chi connectivity index (χ3n) is 3.75. The molecule has 1 amide bonds. The Morgan fingerprint density at radius 3 is 3.05 bits per heavy atom. The summed E-state index contributed by atoms with van der Waals surface area (Å²) < 4.78 is 4.91. The summed E-state index contributed by atoms with van der Waals surface area (Å²) >= 11 is 1.42. The van der Waals surface area contributed by atoms with Gasteiger partial charge in [-0.05, 0) is 33.4 Å². The Balaban J connectivity index is 1.76. The highest BCUT2D eigenvalue weighted by Crippen LogP contribution is 2.15. The molecule has 0 saturated carbocycles. The van der Waals surface area contributed by atoms with Crippen LogP contribution in [0.25, 0.3) is 0 Å². The molecular formula is C15H23N3O3S. The predicted molar refractivity (Wildman–Crippen MR) is 85.1 cm³/mol. The standard InChI is InChI=1S/C15H23N3O3S/c1-3-21-15(20)11-10-22-13(17-11)7-8-16-14(19)12-6-4-5-9-18(12)2/h10,12H,3-9H2,1-2H3,(H,16,19)/t12-/m0/s1. The van der Waals surface area contributed by atoms with Crippen molar-refractivity contribution in [2.75, 3.05) is 26.7 Å². The molecule has 0 aromatic carbocycles.